The van der Waals surface area contributed by atoms with Crippen LogP contribution in [0.25, 0.3) is 0 Å². The highest BCUT2D eigenvalue weighted by Gasteiger charge is 2.33. The SMILES string of the molecule is CC.CNC(=O)c1cc(F)c2c(c1)CCN1CCCC21. The lowest BCUT2D eigenvalue weighted by molar-refractivity contribution is 0.0962. The highest BCUT2D eigenvalue weighted by molar-refractivity contribution is 5.94. The van der Waals surface area contributed by atoms with Gasteiger partial charge in [0, 0.05) is 30.8 Å². The molecule has 2 aliphatic heterocycles. The molecule has 1 aromatic rings. The van der Waals surface area contributed by atoms with E-state index in [0.717, 1.165) is 43.5 Å². The van der Waals surface area contributed by atoms with E-state index in [-0.39, 0.29) is 17.8 Å². The first kappa shape index (κ1) is 15.0. The molecule has 1 fully saturated rings. The van der Waals surface area contributed by atoms with Crippen LogP contribution in [0.15, 0.2) is 12.1 Å². The molecule has 0 aromatic heterocycles. The fourth-order valence-electron chi connectivity index (χ4n) is 3.21. The van der Waals surface area contributed by atoms with E-state index in [1.54, 1.807) is 7.05 Å². The van der Waals surface area contributed by atoms with E-state index in [0.29, 0.717) is 5.56 Å². The van der Waals surface area contributed by atoms with Gasteiger partial charge in [-0.05, 0) is 43.5 Å². The number of hydrogen-bond acceptors (Lipinski definition) is 2. The Morgan fingerprint density at radius 3 is 2.80 bits per heavy atom. The molecule has 0 bridgehead atoms. The molecule has 1 aromatic carbocycles. The summed E-state index contributed by atoms with van der Waals surface area (Å²) in [5.74, 6) is -0.437. The van der Waals surface area contributed by atoms with Crippen molar-refractivity contribution < 1.29 is 9.18 Å². The number of benzene rings is 1. The molecule has 2 aliphatic rings. The summed E-state index contributed by atoms with van der Waals surface area (Å²) in [6.45, 7) is 6.05. The monoisotopic (exact) mass is 278 g/mol. The van der Waals surface area contributed by atoms with Crippen molar-refractivity contribution in [2.45, 2.75) is 39.2 Å². The van der Waals surface area contributed by atoms with E-state index in [9.17, 15) is 9.18 Å². The fourth-order valence-corrected chi connectivity index (χ4v) is 3.21. The molecule has 3 rings (SSSR count). The van der Waals surface area contributed by atoms with E-state index in [1.165, 1.54) is 6.07 Å². The summed E-state index contributed by atoms with van der Waals surface area (Å²) < 4.78 is 14.3. The average molecular weight is 278 g/mol. The Balaban J connectivity index is 0.000000704. The minimum absolute atomic E-state index is 0.217. The zero-order valence-corrected chi connectivity index (χ0v) is 12.5. The Labute approximate surface area is 120 Å². The lowest BCUT2D eigenvalue weighted by Gasteiger charge is -2.32. The molecule has 0 saturated carbocycles. The predicted octanol–water partition coefficient (Wildman–Crippen LogP) is 2.90. The van der Waals surface area contributed by atoms with Gasteiger partial charge in [-0.2, -0.15) is 0 Å². The van der Waals surface area contributed by atoms with E-state index < -0.39 is 0 Å². The first-order valence-corrected chi connectivity index (χ1v) is 7.49. The second-order valence-electron chi connectivity index (χ2n) is 5.05. The van der Waals surface area contributed by atoms with Crippen molar-refractivity contribution in [3.05, 3.63) is 34.6 Å². The minimum atomic E-state index is -0.220. The predicted molar refractivity (Wildman–Crippen MR) is 78.4 cm³/mol. The van der Waals surface area contributed by atoms with Gasteiger partial charge in [-0.25, -0.2) is 4.39 Å². The molecule has 3 nitrogen and oxygen atoms in total. The molecule has 1 N–H and O–H groups in total. The normalized spacial score (nSPS) is 20.5. The number of fused-ring (bicyclic) bond motifs is 3. The quantitative estimate of drug-likeness (QED) is 0.856. The van der Waals surface area contributed by atoms with Crippen LogP contribution in [0.4, 0.5) is 4.39 Å². The van der Waals surface area contributed by atoms with Crippen molar-refractivity contribution in [3.63, 3.8) is 0 Å². The molecule has 110 valence electrons. The smallest absolute Gasteiger partial charge is 0.251 e. The van der Waals surface area contributed by atoms with E-state index >= 15 is 0 Å². The second-order valence-corrected chi connectivity index (χ2v) is 5.05. The third-order valence-corrected chi connectivity index (χ3v) is 4.07. The van der Waals surface area contributed by atoms with Gasteiger partial charge < -0.3 is 5.32 Å². The Morgan fingerprint density at radius 2 is 2.10 bits per heavy atom. The van der Waals surface area contributed by atoms with Crippen LogP contribution in [-0.4, -0.2) is 30.9 Å². The van der Waals surface area contributed by atoms with E-state index in [1.807, 2.05) is 19.9 Å². The Morgan fingerprint density at radius 1 is 1.35 bits per heavy atom. The highest BCUT2D eigenvalue weighted by atomic mass is 19.1. The lowest BCUT2D eigenvalue weighted by Crippen LogP contribution is -2.32. The zero-order chi connectivity index (χ0) is 14.7. The number of hydrogen-bond donors (Lipinski definition) is 1. The van der Waals surface area contributed by atoms with Crippen LogP contribution in [0.3, 0.4) is 0 Å². The maximum absolute atomic E-state index is 14.3. The van der Waals surface area contributed by atoms with Gasteiger partial charge in [0.15, 0.2) is 0 Å². The lowest BCUT2D eigenvalue weighted by atomic mass is 9.90. The van der Waals surface area contributed by atoms with Crippen LogP contribution in [0.5, 0.6) is 0 Å². The number of rotatable bonds is 1. The molecule has 1 amide bonds. The van der Waals surface area contributed by atoms with Crippen LogP contribution >= 0.6 is 0 Å². The molecule has 0 aliphatic carbocycles. The van der Waals surface area contributed by atoms with Gasteiger partial charge in [0.2, 0.25) is 0 Å². The molecule has 1 unspecified atom stereocenters. The molecule has 1 atom stereocenters. The molecule has 2 heterocycles. The zero-order valence-electron chi connectivity index (χ0n) is 12.5. The highest BCUT2D eigenvalue weighted by Crippen LogP contribution is 2.39. The summed E-state index contributed by atoms with van der Waals surface area (Å²) in [6, 6.07) is 3.46. The van der Waals surface area contributed by atoms with Crippen molar-refractivity contribution in [1.82, 2.24) is 10.2 Å². The third kappa shape index (κ3) is 2.57. The van der Waals surface area contributed by atoms with Crippen molar-refractivity contribution >= 4 is 5.91 Å². The summed E-state index contributed by atoms with van der Waals surface area (Å²) in [4.78, 5) is 13.9. The Bertz CT molecular complexity index is 501. The molecule has 20 heavy (non-hydrogen) atoms. The maximum Gasteiger partial charge on any atom is 0.251 e. The summed E-state index contributed by atoms with van der Waals surface area (Å²) >= 11 is 0. The summed E-state index contributed by atoms with van der Waals surface area (Å²) in [6.07, 6.45) is 3.01. The molecular formula is C16H23FN2O. The van der Waals surface area contributed by atoms with Gasteiger partial charge in [-0.15, -0.1) is 0 Å². The minimum Gasteiger partial charge on any atom is -0.355 e. The molecule has 4 heteroatoms. The molecular weight excluding hydrogens is 255 g/mol. The number of amides is 1. The number of halogens is 1. The maximum atomic E-state index is 14.3. The van der Waals surface area contributed by atoms with Crippen molar-refractivity contribution in [2.24, 2.45) is 0 Å². The number of nitrogens with zero attached hydrogens (tertiary/aromatic N) is 1. The van der Waals surface area contributed by atoms with Crippen molar-refractivity contribution in [2.75, 3.05) is 20.1 Å². The summed E-state index contributed by atoms with van der Waals surface area (Å²) in [5.41, 5.74) is 2.27. The van der Waals surface area contributed by atoms with Crippen LogP contribution < -0.4 is 5.32 Å². The van der Waals surface area contributed by atoms with Crippen molar-refractivity contribution in [1.29, 1.82) is 0 Å². The van der Waals surface area contributed by atoms with E-state index in [2.05, 4.69) is 10.2 Å². The van der Waals surface area contributed by atoms with Crippen LogP contribution in [0, 0.1) is 5.82 Å². The van der Waals surface area contributed by atoms with Gasteiger partial charge in [-0.3, -0.25) is 9.69 Å². The van der Waals surface area contributed by atoms with Gasteiger partial charge >= 0.3 is 0 Å². The molecule has 1 saturated heterocycles. The fraction of sp³-hybridized carbons (Fsp3) is 0.562. The van der Waals surface area contributed by atoms with Gasteiger partial charge in [0.25, 0.3) is 5.91 Å². The molecule has 0 spiro atoms. The topological polar surface area (TPSA) is 32.3 Å². The Hall–Kier alpha value is -1.42. The summed E-state index contributed by atoms with van der Waals surface area (Å²) in [7, 11) is 1.57. The van der Waals surface area contributed by atoms with E-state index in [4.69, 9.17) is 0 Å². The first-order chi connectivity index (χ1) is 9.70. The third-order valence-electron chi connectivity index (χ3n) is 4.07. The number of carbonyl (C=O) groups is 1. The second kappa shape index (κ2) is 6.35. The average Bonchev–Trinajstić information content (AvgIpc) is 2.96. The van der Waals surface area contributed by atoms with Crippen LogP contribution in [-0.2, 0) is 6.42 Å². The largest absolute Gasteiger partial charge is 0.355 e. The Kier molecular flexibility index (Phi) is 4.76. The van der Waals surface area contributed by atoms with Crippen LogP contribution in [0.2, 0.25) is 0 Å². The van der Waals surface area contributed by atoms with Crippen molar-refractivity contribution in [3.8, 4) is 0 Å². The molecule has 0 radical (unpaired) electrons. The number of carbonyl (C=O) groups excluding carboxylic acids is 1. The van der Waals surface area contributed by atoms with Gasteiger partial charge in [0.1, 0.15) is 5.82 Å². The number of nitrogens with one attached hydrogen (secondary N) is 1. The first-order valence-electron chi connectivity index (χ1n) is 7.49. The summed E-state index contributed by atoms with van der Waals surface area (Å²) in [5, 5.41) is 2.55. The van der Waals surface area contributed by atoms with Gasteiger partial charge in [0.05, 0.1) is 0 Å². The van der Waals surface area contributed by atoms with Crippen LogP contribution in [0.1, 0.15) is 54.2 Å². The standard InChI is InChI=1S/C14H17FN2O.C2H6/c1-16-14(18)10-7-9-4-6-17-5-2-3-12(17)13(9)11(15)8-10;1-2/h7-8,12H,2-6H2,1H3,(H,16,18);1-2H3. The van der Waals surface area contributed by atoms with Gasteiger partial charge in [-0.1, -0.05) is 13.8 Å².